The maximum absolute atomic E-state index is 12.0. The number of azo groups is 1. The Balaban J connectivity index is 1.78. The Kier molecular flexibility index (Phi) is 3.28. The van der Waals surface area contributed by atoms with E-state index in [4.69, 9.17) is 8.83 Å². The molecule has 24 heavy (non-hydrogen) atoms. The first-order valence-electron chi connectivity index (χ1n) is 7.18. The molecule has 0 bridgehead atoms. The fourth-order valence-electron chi connectivity index (χ4n) is 2.38. The molecule has 6 heteroatoms. The van der Waals surface area contributed by atoms with Gasteiger partial charge < -0.3 is 8.83 Å². The maximum atomic E-state index is 12.0. The number of benzene rings is 2. The van der Waals surface area contributed by atoms with Gasteiger partial charge in [0.1, 0.15) is 11.2 Å². The maximum Gasteiger partial charge on any atom is 0.242 e. The molecule has 0 spiro atoms. The Labute approximate surface area is 134 Å². The van der Waals surface area contributed by atoms with Crippen LogP contribution in [0.4, 0.5) is 11.8 Å². The minimum atomic E-state index is -0.217. The van der Waals surface area contributed by atoms with Gasteiger partial charge in [0.15, 0.2) is 10.9 Å². The van der Waals surface area contributed by atoms with Gasteiger partial charge in [0, 0.05) is 0 Å². The Morgan fingerprint density at radius 2 is 1.04 bits per heavy atom. The Hall–Kier alpha value is -3.54. The number of fused-ring (bicyclic) bond motifs is 2. The van der Waals surface area contributed by atoms with Crippen LogP contribution in [0.1, 0.15) is 0 Å². The van der Waals surface area contributed by atoms with Crippen molar-refractivity contribution in [3.8, 4) is 0 Å². The molecule has 4 aromatic rings. The highest BCUT2D eigenvalue weighted by Gasteiger charge is 2.05. The molecule has 0 aliphatic rings. The van der Waals surface area contributed by atoms with Crippen LogP contribution >= 0.6 is 0 Å². The summed E-state index contributed by atoms with van der Waals surface area (Å²) in [5, 5.41) is 8.65. The van der Waals surface area contributed by atoms with Crippen LogP contribution in [-0.2, 0) is 0 Å². The van der Waals surface area contributed by atoms with E-state index in [2.05, 4.69) is 10.2 Å². The summed E-state index contributed by atoms with van der Waals surface area (Å²) in [5.74, 6) is 0.0732. The predicted octanol–water partition coefficient (Wildman–Crippen LogP) is 4.31. The SMILES string of the molecule is O=c1cc(N=Nc2cc(=O)c3ccccc3o2)oc2ccccc12. The lowest BCUT2D eigenvalue weighted by Gasteiger charge is -1.98. The van der Waals surface area contributed by atoms with Crippen molar-refractivity contribution < 1.29 is 8.83 Å². The van der Waals surface area contributed by atoms with Gasteiger partial charge in [0.2, 0.25) is 11.8 Å². The van der Waals surface area contributed by atoms with Crippen molar-refractivity contribution in [2.24, 2.45) is 10.2 Å². The standard InChI is InChI=1S/C18H10N2O4/c21-13-9-17(23-15-7-3-1-5-11(13)15)19-20-18-10-14(22)12-6-2-4-8-16(12)24-18/h1-10H. The van der Waals surface area contributed by atoms with Crippen molar-refractivity contribution in [2.75, 3.05) is 0 Å². The summed E-state index contributed by atoms with van der Waals surface area (Å²) in [5.41, 5.74) is 0.398. The van der Waals surface area contributed by atoms with Crippen LogP contribution in [0, 0.1) is 0 Å². The van der Waals surface area contributed by atoms with Crippen molar-refractivity contribution >= 4 is 33.7 Å². The van der Waals surface area contributed by atoms with Crippen LogP contribution in [-0.4, -0.2) is 0 Å². The first kappa shape index (κ1) is 14.1. The lowest BCUT2D eigenvalue weighted by atomic mass is 10.2. The van der Waals surface area contributed by atoms with Gasteiger partial charge in [-0.2, -0.15) is 0 Å². The highest BCUT2D eigenvalue weighted by Crippen LogP contribution is 2.22. The van der Waals surface area contributed by atoms with Gasteiger partial charge in [-0.05, 0) is 24.3 Å². The summed E-state index contributed by atoms with van der Waals surface area (Å²) < 4.78 is 11.0. The van der Waals surface area contributed by atoms with Gasteiger partial charge in [-0.3, -0.25) is 9.59 Å². The fourth-order valence-corrected chi connectivity index (χ4v) is 2.38. The second kappa shape index (κ2) is 5.58. The number of hydrogen-bond donors (Lipinski definition) is 0. The molecule has 0 atom stereocenters. The Bertz CT molecular complexity index is 1110. The fraction of sp³-hybridized carbons (Fsp3) is 0. The molecular weight excluding hydrogens is 308 g/mol. The second-order valence-corrected chi connectivity index (χ2v) is 5.09. The number of nitrogens with zero attached hydrogens (tertiary/aromatic N) is 2. The van der Waals surface area contributed by atoms with Crippen LogP contribution in [0.5, 0.6) is 0 Å². The van der Waals surface area contributed by atoms with Gasteiger partial charge >= 0.3 is 0 Å². The molecule has 0 saturated carbocycles. The van der Waals surface area contributed by atoms with Crippen molar-refractivity contribution in [2.45, 2.75) is 0 Å². The van der Waals surface area contributed by atoms with Crippen LogP contribution in [0.2, 0.25) is 0 Å². The van der Waals surface area contributed by atoms with E-state index in [0.29, 0.717) is 21.9 Å². The Morgan fingerprint density at radius 1 is 0.625 bits per heavy atom. The molecular formula is C18H10N2O4. The van der Waals surface area contributed by atoms with Gasteiger partial charge in [-0.25, -0.2) is 0 Å². The first-order chi connectivity index (χ1) is 11.7. The molecule has 0 radical (unpaired) electrons. The molecule has 2 aromatic carbocycles. The van der Waals surface area contributed by atoms with E-state index in [0.717, 1.165) is 0 Å². The summed E-state index contributed by atoms with van der Waals surface area (Å²) in [4.78, 5) is 24.0. The van der Waals surface area contributed by atoms with E-state index in [1.807, 2.05) is 0 Å². The number of rotatable bonds is 2. The second-order valence-electron chi connectivity index (χ2n) is 5.09. The van der Waals surface area contributed by atoms with Crippen LogP contribution in [0.25, 0.3) is 21.9 Å². The normalized spacial score (nSPS) is 11.5. The highest BCUT2D eigenvalue weighted by molar-refractivity contribution is 5.77. The molecule has 116 valence electrons. The quantitative estimate of drug-likeness (QED) is 0.515. The highest BCUT2D eigenvalue weighted by atomic mass is 16.4. The summed E-state index contributed by atoms with van der Waals surface area (Å²) in [6, 6.07) is 16.2. The van der Waals surface area contributed by atoms with Crippen LogP contribution < -0.4 is 10.9 Å². The largest absolute Gasteiger partial charge is 0.437 e. The third-order valence-corrected chi connectivity index (χ3v) is 3.49. The van der Waals surface area contributed by atoms with E-state index >= 15 is 0 Å². The van der Waals surface area contributed by atoms with Crippen molar-refractivity contribution in [1.29, 1.82) is 0 Å². The van der Waals surface area contributed by atoms with Crippen molar-refractivity contribution in [3.05, 3.63) is 81.1 Å². The van der Waals surface area contributed by atoms with Gasteiger partial charge in [-0.1, -0.05) is 24.3 Å². The van der Waals surface area contributed by atoms with Gasteiger partial charge in [0.25, 0.3) is 0 Å². The zero-order valence-corrected chi connectivity index (χ0v) is 12.3. The summed E-state index contributed by atoms with van der Waals surface area (Å²) in [6.45, 7) is 0. The summed E-state index contributed by atoms with van der Waals surface area (Å²) in [6.07, 6.45) is 0. The molecule has 6 nitrogen and oxygen atoms in total. The molecule has 0 saturated heterocycles. The van der Waals surface area contributed by atoms with E-state index in [1.54, 1.807) is 48.5 Å². The van der Waals surface area contributed by atoms with E-state index in [-0.39, 0.29) is 22.6 Å². The van der Waals surface area contributed by atoms with Crippen molar-refractivity contribution in [3.63, 3.8) is 0 Å². The molecule has 2 heterocycles. The molecule has 0 unspecified atom stereocenters. The Morgan fingerprint density at radius 3 is 1.50 bits per heavy atom. The molecule has 0 aliphatic carbocycles. The van der Waals surface area contributed by atoms with E-state index in [9.17, 15) is 9.59 Å². The van der Waals surface area contributed by atoms with E-state index < -0.39 is 0 Å². The monoisotopic (exact) mass is 318 g/mol. The average Bonchev–Trinajstić information content (AvgIpc) is 2.60. The third kappa shape index (κ3) is 2.50. The first-order valence-corrected chi connectivity index (χ1v) is 7.18. The van der Waals surface area contributed by atoms with Crippen molar-refractivity contribution in [1.82, 2.24) is 0 Å². The van der Waals surface area contributed by atoms with Crippen LogP contribution in [0.15, 0.2) is 89.3 Å². The topological polar surface area (TPSA) is 85.1 Å². The number of hydrogen-bond acceptors (Lipinski definition) is 6. The smallest absolute Gasteiger partial charge is 0.242 e. The van der Waals surface area contributed by atoms with Gasteiger partial charge in [0.05, 0.1) is 22.9 Å². The summed E-state index contributed by atoms with van der Waals surface area (Å²) >= 11 is 0. The predicted molar refractivity (Wildman–Crippen MR) is 89.1 cm³/mol. The molecule has 4 rings (SSSR count). The van der Waals surface area contributed by atoms with Gasteiger partial charge in [-0.15, -0.1) is 10.2 Å². The molecule has 2 aromatic heterocycles. The van der Waals surface area contributed by atoms with Crippen LogP contribution in [0.3, 0.4) is 0 Å². The zero-order chi connectivity index (χ0) is 16.5. The lowest BCUT2D eigenvalue weighted by Crippen LogP contribution is -1.98. The molecule has 0 amide bonds. The zero-order valence-electron chi connectivity index (χ0n) is 12.3. The number of para-hydroxylation sites is 2. The molecule has 0 N–H and O–H groups in total. The third-order valence-electron chi connectivity index (χ3n) is 3.49. The average molecular weight is 318 g/mol. The molecule has 0 aliphatic heterocycles. The van der Waals surface area contributed by atoms with E-state index in [1.165, 1.54) is 12.1 Å². The molecule has 0 fully saturated rings. The minimum Gasteiger partial charge on any atom is -0.437 e. The minimum absolute atomic E-state index is 0.0366. The summed E-state index contributed by atoms with van der Waals surface area (Å²) in [7, 11) is 0. The lowest BCUT2D eigenvalue weighted by molar-refractivity contribution is 0.586.